The third kappa shape index (κ3) is 282. The summed E-state index contributed by atoms with van der Waals surface area (Å²) in [6.45, 7) is 0. The summed E-state index contributed by atoms with van der Waals surface area (Å²) in [7, 11) is -9.39. The third-order valence-electron chi connectivity index (χ3n) is 0.269. The van der Waals surface area contributed by atoms with Gasteiger partial charge in [-0.2, -0.15) is 28.0 Å². The second-order valence-corrected chi connectivity index (χ2v) is 3.33. The maximum Gasteiger partial charge on any atom is 0.192 e. The van der Waals surface area contributed by atoms with E-state index in [1.807, 2.05) is 5.32 Å². The van der Waals surface area contributed by atoms with E-state index in [2.05, 4.69) is 0 Å². The lowest BCUT2D eigenvalue weighted by atomic mass is 10.9. The summed E-state index contributed by atoms with van der Waals surface area (Å²) < 4.78 is 65.4. The fraction of sp³-hybridized carbons (Fsp3) is 0. The van der Waals surface area contributed by atoms with Gasteiger partial charge in [-0.05, 0) is 0 Å². The molecule has 0 bridgehead atoms. The topological polar surface area (TPSA) is 291 Å². The van der Waals surface area contributed by atoms with E-state index < -0.39 is 20.5 Å². The lowest BCUT2D eigenvalue weighted by Crippen LogP contribution is -2.58. The number of guanidine groups is 2. The molecule has 0 aliphatic carbocycles. The Kier molecular flexibility index (Phi) is 11.4. The number of halogens is 2. The number of nitrogens with one attached hydrogen (secondary N) is 3. The average molecular weight is 302 g/mol. The first-order valence-corrected chi connectivity index (χ1v) is 5.37. The summed E-state index contributed by atoms with van der Waals surface area (Å²) in [4.78, 5) is 0. The first-order valence-electron chi connectivity index (χ1n) is 2.84. The van der Waals surface area contributed by atoms with Gasteiger partial charge in [-0.25, -0.2) is 0 Å². The summed E-state index contributed by atoms with van der Waals surface area (Å²) in [6.07, 6.45) is 0. The van der Waals surface area contributed by atoms with E-state index in [-0.39, 0.29) is 11.9 Å². The van der Waals surface area contributed by atoms with Gasteiger partial charge in [0.15, 0.2) is 11.9 Å². The van der Waals surface area contributed by atoms with Crippen molar-refractivity contribution < 1.29 is 57.8 Å². The van der Waals surface area contributed by atoms with Gasteiger partial charge in [0, 0.05) is 0 Å². The van der Waals surface area contributed by atoms with Crippen molar-refractivity contribution in [1.82, 2.24) is 5.32 Å². The van der Waals surface area contributed by atoms with Crippen LogP contribution in [0.1, 0.15) is 0 Å². The minimum absolute atomic E-state index is 0.312. The molecule has 0 fully saturated rings. The number of hydrogen-bond acceptors (Lipinski definition) is 10. The summed E-state index contributed by atoms with van der Waals surface area (Å²) >= 11 is 0. The summed E-state index contributed by atoms with van der Waals surface area (Å²) in [6, 6.07) is 0. The molecule has 0 atom stereocenters. The van der Waals surface area contributed by atoms with E-state index in [1.54, 1.807) is 0 Å². The van der Waals surface area contributed by atoms with Crippen LogP contribution >= 0.6 is 0 Å². The number of rotatable bonds is 0. The predicted octanol–water partition coefficient (Wildman–Crippen LogP) is -9.89. The number of nitrogens with two attached hydrogens (primary N) is 2. The van der Waals surface area contributed by atoms with Crippen LogP contribution in [0.5, 0.6) is 0 Å². The molecular formula is C2H9Cl2N5O8. The second kappa shape index (κ2) is 9.07. The van der Waals surface area contributed by atoms with E-state index in [4.69, 9.17) is 59.6 Å². The van der Waals surface area contributed by atoms with Crippen molar-refractivity contribution in [2.75, 3.05) is 0 Å². The zero-order chi connectivity index (χ0) is 14.9. The van der Waals surface area contributed by atoms with Crippen LogP contribution in [0, 0.1) is 31.3 Å². The van der Waals surface area contributed by atoms with Crippen LogP contribution in [-0.2, 0) is 0 Å². The van der Waals surface area contributed by atoms with Crippen LogP contribution in [-0.4, -0.2) is 21.2 Å². The Balaban J connectivity index is -0.000000177. The summed E-state index contributed by atoms with van der Waals surface area (Å²) in [5.74, 6) is -0.625. The molecular weight excluding hydrogens is 293 g/mol. The lowest BCUT2D eigenvalue weighted by Gasteiger charge is -2.03. The third-order valence-corrected chi connectivity index (χ3v) is 0.269. The van der Waals surface area contributed by atoms with Gasteiger partial charge in [0.1, 0.15) is 0 Å². The van der Waals surface area contributed by atoms with Gasteiger partial charge in [0.25, 0.3) is 0 Å². The van der Waals surface area contributed by atoms with Crippen LogP contribution in [0.25, 0.3) is 0 Å². The molecule has 15 heteroatoms. The minimum atomic E-state index is -4.69. The zero-order valence-electron chi connectivity index (χ0n) is 7.75. The molecule has 0 spiro atoms. The fourth-order valence-electron chi connectivity index (χ4n) is 0.145. The largest absolute Gasteiger partial charge is 0.370 e. The molecule has 0 rings (SSSR count). The highest BCUT2D eigenvalue weighted by molar-refractivity contribution is 5.93. The average Bonchev–Trinajstić information content (AvgIpc) is 1.71. The Bertz CT molecular complexity index is 199. The highest BCUT2D eigenvalue weighted by atomic mass is 35.7. The molecule has 0 aromatic carbocycles. The van der Waals surface area contributed by atoms with Crippen molar-refractivity contribution in [2.45, 2.75) is 0 Å². The van der Waals surface area contributed by atoms with Gasteiger partial charge in [-0.1, -0.05) is 0 Å². The summed E-state index contributed by atoms with van der Waals surface area (Å²) in [5, 5.41) is 15.0. The van der Waals surface area contributed by atoms with Crippen molar-refractivity contribution in [3.8, 4) is 0 Å². The molecule has 0 saturated heterocycles. The Hall–Kier alpha value is -1.00. The monoisotopic (exact) mass is 301 g/mol. The molecule has 0 aromatic rings. The summed E-state index contributed by atoms with van der Waals surface area (Å²) in [5.41, 5.74) is 9.49. The van der Waals surface area contributed by atoms with Crippen LogP contribution in [0.15, 0.2) is 0 Å². The number of hydrogen-bond donors (Lipinski definition) is 7. The van der Waals surface area contributed by atoms with E-state index in [0.29, 0.717) is 0 Å². The highest BCUT2D eigenvalue weighted by Crippen LogP contribution is 1.61. The van der Waals surface area contributed by atoms with Gasteiger partial charge < -0.3 is 11.5 Å². The first kappa shape index (κ1) is 21.3. The molecule has 0 heterocycles. The minimum Gasteiger partial charge on any atom is -0.370 e. The van der Waals surface area contributed by atoms with Crippen LogP contribution in [0.3, 0.4) is 0 Å². The Morgan fingerprint density at radius 3 is 0.941 bits per heavy atom. The molecule has 0 saturated carbocycles. The lowest BCUT2D eigenvalue weighted by molar-refractivity contribution is -1.92. The van der Waals surface area contributed by atoms with Crippen molar-refractivity contribution in [2.24, 2.45) is 11.5 Å². The fourth-order valence-corrected chi connectivity index (χ4v) is 0.145. The standard InChI is InChI=1S/C2H7N5.2ClHO4/c3-1(4)7-2(5)6;2*2-1(3,4)5/h(H7,3,4,5,6,7);2*(H,2,3,4,5). The molecule has 104 valence electrons. The van der Waals surface area contributed by atoms with Crippen molar-refractivity contribution in [1.29, 1.82) is 10.8 Å². The molecule has 17 heavy (non-hydrogen) atoms. The quantitative estimate of drug-likeness (QED) is 0.162. The van der Waals surface area contributed by atoms with Crippen LogP contribution in [0.2, 0.25) is 0 Å². The van der Waals surface area contributed by atoms with E-state index in [0.717, 1.165) is 0 Å². The van der Waals surface area contributed by atoms with Crippen molar-refractivity contribution in [3.63, 3.8) is 0 Å². The highest BCUT2D eigenvalue weighted by Gasteiger charge is 1.99. The molecule has 0 aliphatic rings. The molecule has 13 nitrogen and oxygen atoms in total. The van der Waals surface area contributed by atoms with Crippen LogP contribution in [0.4, 0.5) is 0 Å². The molecule has 0 unspecified atom stereocenters. The first-order chi connectivity index (χ1) is 7.13. The maximum absolute atomic E-state index is 8.60. The van der Waals surface area contributed by atoms with Gasteiger partial charge in [0.2, 0.25) is 0 Å². The van der Waals surface area contributed by atoms with Gasteiger partial charge in [-0.15, -0.1) is 0 Å². The molecule has 0 radical (unpaired) electrons. The Morgan fingerprint density at radius 2 is 0.941 bits per heavy atom. The van der Waals surface area contributed by atoms with E-state index >= 15 is 0 Å². The molecule has 0 aromatic heterocycles. The molecule has 9 N–H and O–H groups in total. The Morgan fingerprint density at radius 1 is 0.824 bits per heavy atom. The normalized spacial score (nSPS) is 10.1. The van der Waals surface area contributed by atoms with E-state index in [1.165, 1.54) is 0 Å². The van der Waals surface area contributed by atoms with E-state index in [9.17, 15) is 0 Å². The van der Waals surface area contributed by atoms with Crippen molar-refractivity contribution >= 4 is 11.9 Å². The zero-order valence-corrected chi connectivity index (χ0v) is 9.27. The molecule has 0 aliphatic heterocycles. The van der Waals surface area contributed by atoms with Gasteiger partial charge in [-0.3, -0.25) is 16.1 Å². The van der Waals surface area contributed by atoms with Gasteiger partial charge >= 0.3 is 0 Å². The van der Waals surface area contributed by atoms with Gasteiger partial charge in [0.05, 0.1) is 29.8 Å². The smallest absolute Gasteiger partial charge is 0.192 e. The SMILES string of the molecule is N=C(N)NC(=N)N.[O-][Cl+3]([O-])([O-])O.[O-][Cl+3]([O-])([O-])O. The maximum atomic E-state index is 8.60. The second-order valence-electron chi connectivity index (χ2n) is 1.74. The van der Waals surface area contributed by atoms with Crippen molar-refractivity contribution in [3.05, 3.63) is 0 Å². The predicted molar refractivity (Wildman–Crippen MR) is 31.4 cm³/mol. The Labute approximate surface area is 98.0 Å². The molecule has 0 amide bonds. The van der Waals surface area contributed by atoms with Crippen LogP contribution < -0.4 is 44.7 Å².